The van der Waals surface area contributed by atoms with Crippen molar-refractivity contribution in [2.45, 2.75) is 19.3 Å². The Morgan fingerprint density at radius 1 is 1.29 bits per heavy atom. The molecule has 0 spiro atoms. The second-order valence-electron chi connectivity index (χ2n) is 4.03. The molecule has 1 aromatic carbocycles. The van der Waals surface area contributed by atoms with Gasteiger partial charge in [0.1, 0.15) is 5.75 Å². The van der Waals surface area contributed by atoms with E-state index < -0.39 is 17.7 Å². The van der Waals surface area contributed by atoms with Gasteiger partial charge in [-0.05, 0) is 31.4 Å². The fourth-order valence-corrected chi connectivity index (χ4v) is 1.80. The predicted octanol–water partition coefficient (Wildman–Crippen LogP) is 2.52. The molecule has 4 nitrogen and oxygen atoms in total. The van der Waals surface area contributed by atoms with Crippen LogP contribution in [0, 0.1) is 5.82 Å². The molecule has 0 atom stereocenters. The minimum Gasteiger partial charge on any atom is -0.505 e. The first-order chi connectivity index (χ1) is 8.16. The second-order valence-corrected chi connectivity index (χ2v) is 4.03. The standard InChI is InChI=1S/C12H14FNO3/c13-10-5-4-9(8-11(10)15)17-12(16)14-6-2-1-3-7-14/h4-5,8,15H,1-3,6-7H2. The number of nitrogens with zero attached hydrogens (tertiary/aromatic N) is 1. The number of hydrogen-bond donors (Lipinski definition) is 1. The highest BCUT2D eigenvalue weighted by Crippen LogP contribution is 2.22. The molecule has 0 aliphatic carbocycles. The average molecular weight is 239 g/mol. The normalized spacial score (nSPS) is 15.7. The van der Waals surface area contributed by atoms with E-state index in [0.29, 0.717) is 13.1 Å². The molecule has 2 rings (SSSR count). The van der Waals surface area contributed by atoms with Crippen molar-refractivity contribution in [3.63, 3.8) is 0 Å². The van der Waals surface area contributed by atoms with E-state index in [-0.39, 0.29) is 5.75 Å². The monoisotopic (exact) mass is 239 g/mol. The van der Waals surface area contributed by atoms with Crippen LogP contribution in [0.5, 0.6) is 11.5 Å². The van der Waals surface area contributed by atoms with Crippen LogP contribution in [0.15, 0.2) is 18.2 Å². The lowest BCUT2D eigenvalue weighted by atomic mass is 10.1. The van der Waals surface area contributed by atoms with Crippen LogP contribution in [-0.4, -0.2) is 29.2 Å². The van der Waals surface area contributed by atoms with E-state index in [1.807, 2.05) is 0 Å². The fraction of sp³-hybridized carbons (Fsp3) is 0.417. The van der Waals surface area contributed by atoms with Crippen molar-refractivity contribution in [3.8, 4) is 11.5 Å². The molecule has 1 N–H and O–H groups in total. The molecule has 0 aromatic heterocycles. The second kappa shape index (κ2) is 5.03. The molecule has 1 aliphatic heterocycles. The number of aromatic hydroxyl groups is 1. The number of carbonyl (C=O) groups excluding carboxylic acids is 1. The largest absolute Gasteiger partial charge is 0.505 e. The van der Waals surface area contributed by atoms with Crippen molar-refractivity contribution in [2.75, 3.05) is 13.1 Å². The van der Waals surface area contributed by atoms with E-state index in [1.165, 1.54) is 6.07 Å². The van der Waals surface area contributed by atoms with Crippen LogP contribution in [0.2, 0.25) is 0 Å². The molecule has 1 aromatic rings. The van der Waals surface area contributed by atoms with Gasteiger partial charge in [0.15, 0.2) is 11.6 Å². The predicted molar refractivity (Wildman–Crippen MR) is 59.5 cm³/mol. The molecule has 17 heavy (non-hydrogen) atoms. The van der Waals surface area contributed by atoms with Gasteiger partial charge < -0.3 is 14.7 Å². The maximum absolute atomic E-state index is 12.8. The number of halogens is 1. The third kappa shape index (κ3) is 2.87. The Labute approximate surface area is 98.6 Å². The van der Waals surface area contributed by atoms with E-state index in [2.05, 4.69) is 0 Å². The number of rotatable bonds is 1. The summed E-state index contributed by atoms with van der Waals surface area (Å²) in [4.78, 5) is 13.3. The summed E-state index contributed by atoms with van der Waals surface area (Å²) in [5.74, 6) is -1.10. The third-order valence-corrected chi connectivity index (χ3v) is 2.74. The van der Waals surface area contributed by atoms with E-state index in [1.54, 1.807) is 4.90 Å². The molecule has 1 heterocycles. The number of hydrogen-bond acceptors (Lipinski definition) is 3. The highest BCUT2D eigenvalue weighted by atomic mass is 19.1. The van der Waals surface area contributed by atoms with E-state index in [9.17, 15) is 9.18 Å². The number of ether oxygens (including phenoxy) is 1. The highest BCUT2D eigenvalue weighted by molar-refractivity contribution is 5.70. The topological polar surface area (TPSA) is 49.8 Å². The summed E-state index contributed by atoms with van der Waals surface area (Å²) in [6, 6.07) is 3.47. The smallest absolute Gasteiger partial charge is 0.415 e. The summed E-state index contributed by atoms with van der Waals surface area (Å²) in [7, 11) is 0. The van der Waals surface area contributed by atoms with Crippen molar-refractivity contribution in [1.29, 1.82) is 0 Å². The Bertz CT molecular complexity index is 416. The number of phenolic OH excluding ortho intramolecular Hbond substituents is 1. The average Bonchev–Trinajstić information content (AvgIpc) is 2.35. The summed E-state index contributed by atoms with van der Waals surface area (Å²) < 4.78 is 17.8. The SMILES string of the molecule is O=C(Oc1ccc(F)c(O)c1)N1CCCCC1. The van der Waals surface area contributed by atoms with Crippen LogP contribution < -0.4 is 4.74 Å². The summed E-state index contributed by atoms with van der Waals surface area (Å²) in [6.07, 6.45) is 2.63. The van der Waals surface area contributed by atoms with Gasteiger partial charge in [-0.25, -0.2) is 9.18 Å². The minimum atomic E-state index is -0.734. The molecule has 0 unspecified atom stereocenters. The Morgan fingerprint density at radius 2 is 2.00 bits per heavy atom. The molecule has 0 bridgehead atoms. The van der Waals surface area contributed by atoms with Gasteiger partial charge in [0, 0.05) is 19.2 Å². The molecule has 1 fully saturated rings. The van der Waals surface area contributed by atoms with Gasteiger partial charge in [0.2, 0.25) is 0 Å². The van der Waals surface area contributed by atoms with Crippen LogP contribution in [0.3, 0.4) is 0 Å². The zero-order valence-electron chi connectivity index (χ0n) is 9.36. The first kappa shape index (κ1) is 11.7. The first-order valence-electron chi connectivity index (χ1n) is 5.62. The lowest BCUT2D eigenvalue weighted by Gasteiger charge is -2.25. The van der Waals surface area contributed by atoms with Crippen molar-refractivity contribution >= 4 is 6.09 Å². The van der Waals surface area contributed by atoms with Crippen molar-refractivity contribution in [3.05, 3.63) is 24.0 Å². The van der Waals surface area contributed by atoms with Gasteiger partial charge in [-0.1, -0.05) is 0 Å². The Balaban J connectivity index is 1.99. The van der Waals surface area contributed by atoms with E-state index >= 15 is 0 Å². The van der Waals surface area contributed by atoms with Gasteiger partial charge in [0.05, 0.1) is 0 Å². The van der Waals surface area contributed by atoms with Crippen molar-refractivity contribution < 1.29 is 19.0 Å². The highest BCUT2D eigenvalue weighted by Gasteiger charge is 2.18. The van der Waals surface area contributed by atoms with Gasteiger partial charge in [-0.2, -0.15) is 0 Å². The number of likely N-dealkylation sites (tertiary alicyclic amines) is 1. The molecule has 1 aliphatic rings. The molecule has 1 saturated heterocycles. The zero-order valence-corrected chi connectivity index (χ0v) is 9.36. The Kier molecular flexibility index (Phi) is 3.46. The van der Waals surface area contributed by atoms with Crippen LogP contribution in [-0.2, 0) is 0 Å². The summed E-state index contributed by atoms with van der Waals surface area (Å²) in [6.45, 7) is 1.37. The molecule has 0 saturated carbocycles. The molecular formula is C12H14FNO3. The fourth-order valence-electron chi connectivity index (χ4n) is 1.80. The zero-order chi connectivity index (χ0) is 12.3. The maximum atomic E-state index is 12.8. The number of benzene rings is 1. The van der Waals surface area contributed by atoms with Crippen molar-refractivity contribution in [2.24, 2.45) is 0 Å². The van der Waals surface area contributed by atoms with Crippen LogP contribution in [0.4, 0.5) is 9.18 Å². The van der Waals surface area contributed by atoms with E-state index in [4.69, 9.17) is 9.84 Å². The Hall–Kier alpha value is -1.78. The van der Waals surface area contributed by atoms with Gasteiger partial charge in [-0.3, -0.25) is 0 Å². The van der Waals surface area contributed by atoms with Crippen LogP contribution in [0.1, 0.15) is 19.3 Å². The molecule has 0 radical (unpaired) electrons. The van der Waals surface area contributed by atoms with Crippen LogP contribution in [0.25, 0.3) is 0 Å². The Morgan fingerprint density at radius 3 is 2.65 bits per heavy atom. The summed E-state index contributed by atoms with van der Waals surface area (Å²) >= 11 is 0. The summed E-state index contributed by atoms with van der Waals surface area (Å²) in [5, 5.41) is 9.14. The minimum absolute atomic E-state index is 0.152. The molecular weight excluding hydrogens is 225 g/mol. The van der Waals surface area contributed by atoms with Gasteiger partial charge in [0.25, 0.3) is 0 Å². The first-order valence-corrected chi connectivity index (χ1v) is 5.62. The molecule has 1 amide bonds. The summed E-state index contributed by atoms with van der Waals surface area (Å²) in [5.41, 5.74) is 0. The lowest BCUT2D eigenvalue weighted by molar-refractivity contribution is 0.142. The van der Waals surface area contributed by atoms with E-state index in [0.717, 1.165) is 31.4 Å². The quantitative estimate of drug-likeness (QED) is 0.819. The van der Waals surface area contributed by atoms with Crippen molar-refractivity contribution in [1.82, 2.24) is 4.90 Å². The van der Waals surface area contributed by atoms with Crippen LogP contribution >= 0.6 is 0 Å². The molecule has 5 heteroatoms. The number of phenols is 1. The lowest BCUT2D eigenvalue weighted by Crippen LogP contribution is -2.37. The molecule has 92 valence electrons. The third-order valence-electron chi connectivity index (χ3n) is 2.74. The van der Waals surface area contributed by atoms with Gasteiger partial charge >= 0.3 is 6.09 Å². The number of carbonyl (C=O) groups is 1. The number of amides is 1. The van der Waals surface area contributed by atoms with Gasteiger partial charge in [-0.15, -0.1) is 0 Å². The number of piperidine rings is 1. The maximum Gasteiger partial charge on any atom is 0.415 e.